The van der Waals surface area contributed by atoms with Gasteiger partial charge < -0.3 is 20.1 Å². The Labute approximate surface area is 113 Å². The lowest BCUT2D eigenvalue weighted by Crippen LogP contribution is -2.30. The van der Waals surface area contributed by atoms with E-state index in [2.05, 4.69) is 15.6 Å². The lowest BCUT2D eigenvalue weighted by atomic mass is 10.4. The maximum absolute atomic E-state index is 11.5. The molecule has 0 aliphatic rings. The molecule has 2 N–H and O–H groups in total. The molecule has 0 fully saturated rings. The smallest absolute Gasteiger partial charge is 0.319 e. The zero-order valence-electron chi connectivity index (χ0n) is 11.6. The number of hydrogen-bond acceptors (Lipinski definition) is 4. The van der Waals surface area contributed by atoms with E-state index in [-0.39, 0.29) is 12.1 Å². The largest absolute Gasteiger partial charge is 0.481 e. The van der Waals surface area contributed by atoms with E-state index in [1.807, 2.05) is 13.8 Å². The second kappa shape index (κ2) is 8.31. The molecular formula is C13H21N3O3. The molecule has 1 aromatic rings. The second-order valence-corrected chi connectivity index (χ2v) is 4.24. The molecule has 1 heterocycles. The number of amides is 2. The third-order valence-electron chi connectivity index (χ3n) is 2.26. The Morgan fingerprint density at radius 1 is 1.42 bits per heavy atom. The van der Waals surface area contributed by atoms with Crippen molar-refractivity contribution in [2.45, 2.75) is 26.4 Å². The fourth-order valence-corrected chi connectivity index (χ4v) is 1.34. The molecule has 6 nitrogen and oxygen atoms in total. The number of pyridine rings is 1. The lowest BCUT2D eigenvalue weighted by molar-refractivity contribution is 0.0775. The van der Waals surface area contributed by atoms with Gasteiger partial charge in [0.25, 0.3) is 0 Å². The van der Waals surface area contributed by atoms with Crippen LogP contribution in [0.4, 0.5) is 10.5 Å². The van der Waals surface area contributed by atoms with E-state index < -0.39 is 0 Å². The number of rotatable bonds is 7. The van der Waals surface area contributed by atoms with Gasteiger partial charge in [-0.2, -0.15) is 0 Å². The van der Waals surface area contributed by atoms with Gasteiger partial charge in [0.1, 0.15) is 0 Å². The van der Waals surface area contributed by atoms with Gasteiger partial charge in [0, 0.05) is 19.2 Å². The van der Waals surface area contributed by atoms with Crippen molar-refractivity contribution in [3.63, 3.8) is 0 Å². The summed E-state index contributed by atoms with van der Waals surface area (Å²) < 4.78 is 10.3. The SMILES string of the molecule is COc1ccc(NC(=O)NCCCOC(C)C)cn1. The molecule has 0 spiro atoms. The third kappa shape index (κ3) is 6.61. The summed E-state index contributed by atoms with van der Waals surface area (Å²) in [5.41, 5.74) is 0.622. The molecule has 0 aliphatic carbocycles. The number of nitrogens with zero attached hydrogens (tertiary/aromatic N) is 1. The number of ether oxygens (including phenoxy) is 2. The van der Waals surface area contributed by atoms with Crippen LogP contribution in [-0.4, -0.2) is 37.4 Å². The van der Waals surface area contributed by atoms with Crippen LogP contribution in [0.15, 0.2) is 18.3 Å². The summed E-state index contributed by atoms with van der Waals surface area (Å²) in [6.45, 7) is 5.18. The minimum Gasteiger partial charge on any atom is -0.481 e. The molecule has 6 heteroatoms. The molecule has 0 radical (unpaired) electrons. The molecule has 0 atom stereocenters. The monoisotopic (exact) mass is 267 g/mol. The van der Waals surface area contributed by atoms with E-state index in [1.165, 1.54) is 0 Å². The van der Waals surface area contributed by atoms with Crippen molar-refractivity contribution in [2.24, 2.45) is 0 Å². The van der Waals surface area contributed by atoms with Crippen LogP contribution in [0.25, 0.3) is 0 Å². The minimum atomic E-state index is -0.253. The van der Waals surface area contributed by atoms with Gasteiger partial charge in [0.05, 0.1) is 25.1 Å². The van der Waals surface area contributed by atoms with Gasteiger partial charge in [-0.25, -0.2) is 9.78 Å². The predicted molar refractivity (Wildman–Crippen MR) is 73.5 cm³/mol. The molecule has 2 amide bonds. The Balaban J connectivity index is 2.19. The van der Waals surface area contributed by atoms with Gasteiger partial charge in [-0.15, -0.1) is 0 Å². The van der Waals surface area contributed by atoms with Crippen LogP contribution in [0.5, 0.6) is 5.88 Å². The predicted octanol–water partition coefficient (Wildman–Crippen LogP) is 2.03. The van der Waals surface area contributed by atoms with Crippen molar-refractivity contribution < 1.29 is 14.3 Å². The van der Waals surface area contributed by atoms with Gasteiger partial charge in [-0.1, -0.05) is 0 Å². The van der Waals surface area contributed by atoms with Crippen LogP contribution in [0.2, 0.25) is 0 Å². The van der Waals surface area contributed by atoms with Gasteiger partial charge >= 0.3 is 6.03 Å². The molecule has 0 unspecified atom stereocenters. The van der Waals surface area contributed by atoms with Crippen LogP contribution < -0.4 is 15.4 Å². The van der Waals surface area contributed by atoms with Crippen molar-refractivity contribution in [1.82, 2.24) is 10.3 Å². The quantitative estimate of drug-likeness (QED) is 0.741. The highest BCUT2D eigenvalue weighted by atomic mass is 16.5. The van der Waals surface area contributed by atoms with E-state index in [9.17, 15) is 4.79 Å². The first-order valence-electron chi connectivity index (χ1n) is 6.28. The summed E-state index contributed by atoms with van der Waals surface area (Å²) in [5, 5.41) is 5.43. The van der Waals surface area contributed by atoms with Gasteiger partial charge in [-0.3, -0.25) is 0 Å². The van der Waals surface area contributed by atoms with Crippen molar-refractivity contribution in [2.75, 3.05) is 25.6 Å². The maximum atomic E-state index is 11.5. The number of carbonyl (C=O) groups excluding carboxylic acids is 1. The Morgan fingerprint density at radius 2 is 2.21 bits per heavy atom. The maximum Gasteiger partial charge on any atom is 0.319 e. The summed E-state index contributed by atoms with van der Waals surface area (Å²) in [7, 11) is 1.54. The Bertz CT molecular complexity index is 379. The van der Waals surface area contributed by atoms with Crippen molar-refractivity contribution in [3.05, 3.63) is 18.3 Å². The number of anilines is 1. The molecule has 1 rings (SSSR count). The summed E-state index contributed by atoms with van der Waals surface area (Å²) in [6, 6.07) is 3.16. The zero-order valence-corrected chi connectivity index (χ0v) is 11.6. The number of aromatic nitrogens is 1. The van der Waals surface area contributed by atoms with Gasteiger partial charge in [0.2, 0.25) is 5.88 Å². The Kier molecular flexibility index (Phi) is 6.67. The second-order valence-electron chi connectivity index (χ2n) is 4.24. The highest BCUT2D eigenvalue weighted by Gasteiger charge is 2.02. The van der Waals surface area contributed by atoms with Gasteiger partial charge in [-0.05, 0) is 26.3 Å². The van der Waals surface area contributed by atoms with Crippen LogP contribution >= 0.6 is 0 Å². The van der Waals surface area contributed by atoms with Gasteiger partial charge in [0.15, 0.2) is 0 Å². The summed E-state index contributed by atoms with van der Waals surface area (Å²) in [4.78, 5) is 15.5. The zero-order chi connectivity index (χ0) is 14.1. The Morgan fingerprint density at radius 3 is 2.79 bits per heavy atom. The molecular weight excluding hydrogens is 246 g/mol. The average Bonchev–Trinajstić information content (AvgIpc) is 2.39. The molecule has 1 aromatic heterocycles. The fourth-order valence-electron chi connectivity index (χ4n) is 1.34. The molecule has 0 aliphatic heterocycles. The molecule has 0 saturated heterocycles. The number of hydrogen-bond donors (Lipinski definition) is 2. The first-order chi connectivity index (χ1) is 9.11. The Hall–Kier alpha value is -1.82. The molecule has 0 bridgehead atoms. The van der Waals surface area contributed by atoms with Crippen molar-refractivity contribution >= 4 is 11.7 Å². The summed E-state index contributed by atoms with van der Waals surface area (Å²) in [6.07, 6.45) is 2.55. The average molecular weight is 267 g/mol. The fraction of sp³-hybridized carbons (Fsp3) is 0.538. The first kappa shape index (κ1) is 15.2. The van der Waals surface area contributed by atoms with E-state index in [0.29, 0.717) is 24.7 Å². The van der Waals surface area contributed by atoms with Crippen molar-refractivity contribution in [3.8, 4) is 5.88 Å². The number of urea groups is 1. The lowest BCUT2D eigenvalue weighted by Gasteiger charge is -2.09. The standard InChI is InChI=1S/C13H21N3O3/c1-10(2)19-8-4-7-14-13(17)16-11-5-6-12(18-3)15-9-11/h5-6,9-10H,4,7-8H2,1-3H3,(H2,14,16,17). The van der Waals surface area contributed by atoms with Crippen LogP contribution in [0, 0.1) is 0 Å². The van der Waals surface area contributed by atoms with Crippen LogP contribution in [0.1, 0.15) is 20.3 Å². The summed E-state index contributed by atoms with van der Waals surface area (Å²) in [5.74, 6) is 0.511. The van der Waals surface area contributed by atoms with E-state index in [0.717, 1.165) is 6.42 Å². The number of nitrogens with one attached hydrogen (secondary N) is 2. The minimum absolute atomic E-state index is 0.221. The van der Waals surface area contributed by atoms with Crippen LogP contribution in [-0.2, 0) is 4.74 Å². The summed E-state index contributed by atoms with van der Waals surface area (Å²) >= 11 is 0. The molecule has 0 saturated carbocycles. The topological polar surface area (TPSA) is 72.5 Å². The highest BCUT2D eigenvalue weighted by molar-refractivity contribution is 5.88. The van der Waals surface area contributed by atoms with E-state index >= 15 is 0 Å². The molecule has 19 heavy (non-hydrogen) atoms. The normalized spacial score (nSPS) is 10.3. The highest BCUT2D eigenvalue weighted by Crippen LogP contribution is 2.10. The van der Waals surface area contributed by atoms with Crippen LogP contribution in [0.3, 0.4) is 0 Å². The third-order valence-corrected chi connectivity index (χ3v) is 2.26. The number of carbonyl (C=O) groups is 1. The first-order valence-corrected chi connectivity index (χ1v) is 6.28. The van der Waals surface area contributed by atoms with E-state index in [1.54, 1.807) is 25.4 Å². The number of methoxy groups -OCH3 is 1. The van der Waals surface area contributed by atoms with E-state index in [4.69, 9.17) is 9.47 Å². The molecule has 106 valence electrons. The molecule has 0 aromatic carbocycles. The van der Waals surface area contributed by atoms with Crippen molar-refractivity contribution in [1.29, 1.82) is 0 Å².